The number of fused-ring (bicyclic) bond motifs is 1. The van der Waals surface area contributed by atoms with Crippen LogP contribution in [-0.4, -0.2) is 26.7 Å². The highest BCUT2D eigenvalue weighted by Gasteiger charge is 2.35. The van der Waals surface area contributed by atoms with Crippen molar-refractivity contribution in [2.75, 3.05) is 5.32 Å². The summed E-state index contributed by atoms with van der Waals surface area (Å²) in [4.78, 5) is 17.2. The SMILES string of the molecule is CC1=C(c2ccccc2)C(C[C@H](O)C2CCC(C(=O)Nc3ccc(Cl)cc3C)CC2)n2cncc21. The summed E-state index contributed by atoms with van der Waals surface area (Å²) in [5.41, 5.74) is 6.59. The van der Waals surface area contributed by atoms with Gasteiger partial charge in [-0.05, 0) is 92.3 Å². The van der Waals surface area contributed by atoms with Crippen molar-refractivity contribution >= 4 is 34.3 Å². The van der Waals surface area contributed by atoms with Gasteiger partial charge in [0.2, 0.25) is 5.91 Å². The fourth-order valence-electron chi connectivity index (χ4n) is 5.82. The maximum atomic E-state index is 12.9. The number of halogens is 1. The van der Waals surface area contributed by atoms with Crippen molar-refractivity contribution in [3.63, 3.8) is 0 Å². The number of aryl methyl sites for hydroxylation is 1. The number of aromatic nitrogens is 2. The van der Waals surface area contributed by atoms with E-state index in [1.165, 1.54) is 16.7 Å². The molecule has 0 radical (unpaired) electrons. The minimum absolute atomic E-state index is 0.0257. The number of nitrogens with zero attached hydrogens (tertiary/aromatic N) is 2. The molecule has 182 valence electrons. The average Bonchev–Trinajstić information content (AvgIpc) is 3.44. The first-order chi connectivity index (χ1) is 16.9. The van der Waals surface area contributed by atoms with Gasteiger partial charge in [-0.1, -0.05) is 41.9 Å². The largest absolute Gasteiger partial charge is 0.393 e. The van der Waals surface area contributed by atoms with Crippen LogP contribution in [0.15, 0.2) is 61.1 Å². The second kappa shape index (κ2) is 10.00. The Bertz CT molecular complexity index is 1240. The average molecular weight is 490 g/mol. The first-order valence-corrected chi connectivity index (χ1v) is 12.8. The number of hydrogen-bond acceptors (Lipinski definition) is 3. The number of carbonyl (C=O) groups excluding carboxylic acids is 1. The molecule has 0 spiro atoms. The number of anilines is 1. The minimum Gasteiger partial charge on any atom is -0.393 e. The van der Waals surface area contributed by atoms with E-state index in [9.17, 15) is 9.90 Å². The molecule has 1 aliphatic heterocycles. The van der Waals surface area contributed by atoms with Crippen molar-refractivity contribution < 1.29 is 9.90 Å². The van der Waals surface area contributed by atoms with E-state index in [0.717, 1.165) is 42.6 Å². The van der Waals surface area contributed by atoms with Crippen LogP contribution in [0, 0.1) is 18.8 Å². The van der Waals surface area contributed by atoms with Crippen molar-refractivity contribution in [1.82, 2.24) is 9.55 Å². The number of amides is 1. The summed E-state index contributed by atoms with van der Waals surface area (Å²) >= 11 is 6.04. The molecule has 2 heterocycles. The third-order valence-corrected chi connectivity index (χ3v) is 8.04. The maximum Gasteiger partial charge on any atom is 0.227 e. The highest BCUT2D eigenvalue weighted by Crippen LogP contribution is 2.45. The Labute approximate surface area is 211 Å². The molecule has 0 bridgehead atoms. The van der Waals surface area contributed by atoms with Gasteiger partial charge in [-0.15, -0.1) is 0 Å². The van der Waals surface area contributed by atoms with Gasteiger partial charge in [0.25, 0.3) is 0 Å². The lowest BCUT2D eigenvalue weighted by molar-refractivity contribution is -0.121. The van der Waals surface area contributed by atoms with Crippen molar-refractivity contribution in [3.05, 3.63) is 82.9 Å². The lowest BCUT2D eigenvalue weighted by Gasteiger charge is -2.33. The molecule has 35 heavy (non-hydrogen) atoms. The van der Waals surface area contributed by atoms with Crippen LogP contribution in [0.25, 0.3) is 11.1 Å². The molecule has 2 N–H and O–H groups in total. The van der Waals surface area contributed by atoms with E-state index in [2.05, 4.69) is 46.1 Å². The summed E-state index contributed by atoms with van der Waals surface area (Å²) in [5, 5.41) is 15.0. The minimum atomic E-state index is -0.428. The topological polar surface area (TPSA) is 67.2 Å². The number of allylic oxidation sites excluding steroid dienone is 2. The first kappa shape index (κ1) is 23.8. The van der Waals surface area contributed by atoms with Crippen LogP contribution in [-0.2, 0) is 4.79 Å². The van der Waals surface area contributed by atoms with E-state index in [4.69, 9.17) is 11.6 Å². The third-order valence-electron chi connectivity index (χ3n) is 7.81. The molecule has 1 saturated carbocycles. The summed E-state index contributed by atoms with van der Waals surface area (Å²) in [6, 6.07) is 16.0. The Kier molecular flexibility index (Phi) is 6.81. The number of carbonyl (C=O) groups is 1. The Balaban J connectivity index is 1.23. The van der Waals surface area contributed by atoms with Gasteiger partial charge in [0, 0.05) is 16.6 Å². The van der Waals surface area contributed by atoms with E-state index >= 15 is 0 Å². The van der Waals surface area contributed by atoms with Crippen molar-refractivity contribution in [1.29, 1.82) is 0 Å². The smallest absolute Gasteiger partial charge is 0.227 e. The van der Waals surface area contributed by atoms with Crippen LogP contribution in [0.2, 0.25) is 5.02 Å². The fourth-order valence-corrected chi connectivity index (χ4v) is 6.04. The van der Waals surface area contributed by atoms with Gasteiger partial charge in [-0.25, -0.2) is 4.98 Å². The highest BCUT2D eigenvalue weighted by molar-refractivity contribution is 6.30. The highest BCUT2D eigenvalue weighted by atomic mass is 35.5. The molecule has 1 aromatic heterocycles. The second-order valence-corrected chi connectivity index (χ2v) is 10.4. The molecule has 3 aromatic rings. The van der Waals surface area contributed by atoms with Crippen LogP contribution >= 0.6 is 11.6 Å². The van der Waals surface area contributed by atoms with Gasteiger partial charge in [0.15, 0.2) is 0 Å². The number of benzene rings is 2. The summed E-state index contributed by atoms with van der Waals surface area (Å²) in [6.07, 6.45) is 7.31. The van der Waals surface area contributed by atoms with Crippen LogP contribution in [0.4, 0.5) is 5.69 Å². The third kappa shape index (κ3) is 4.80. The molecule has 1 fully saturated rings. The predicted octanol–water partition coefficient (Wildman–Crippen LogP) is 6.53. The van der Waals surface area contributed by atoms with E-state index in [1.807, 2.05) is 37.6 Å². The van der Waals surface area contributed by atoms with Gasteiger partial charge in [0.1, 0.15) is 0 Å². The van der Waals surface area contributed by atoms with Gasteiger partial charge in [-0.2, -0.15) is 0 Å². The molecular formula is C29H32ClN3O2. The molecular weight excluding hydrogens is 458 g/mol. The summed E-state index contributed by atoms with van der Waals surface area (Å²) in [6.45, 7) is 4.10. The van der Waals surface area contributed by atoms with Crippen LogP contribution in [0.5, 0.6) is 0 Å². The maximum absolute atomic E-state index is 12.9. The lowest BCUT2D eigenvalue weighted by Crippen LogP contribution is -2.32. The van der Waals surface area contributed by atoms with Crippen LogP contribution in [0.3, 0.4) is 0 Å². The molecule has 1 unspecified atom stereocenters. The molecule has 1 amide bonds. The number of nitrogens with one attached hydrogen (secondary N) is 1. The molecule has 5 nitrogen and oxygen atoms in total. The molecule has 0 saturated heterocycles. The lowest BCUT2D eigenvalue weighted by atomic mass is 9.77. The number of aliphatic hydroxyl groups is 1. The molecule has 1 aliphatic carbocycles. The van der Waals surface area contributed by atoms with Crippen molar-refractivity contribution in [2.24, 2.45) is 11.8 Å². The zero-order valence-electron chi connectivity index (χ0n) is 20.2. The quantitative estimate of drug-likeness (QED) is 0.413. The number of aliphatic hydroxyl groups excluding tert-OH is 1. The number of hydrogen-bond donors (Lipinski definition) is 2. The number of imidazole rings is 1. The van der Waals surface area contributed by atoms with E-state index in [-0.39, 0.29) is 23.8 Å². The van der Waals surface area contributed by atoms with Gasteiger partial charge in [-0.3, -0.25) is 4.79 Å². The summed E-state index contributed by atoms with van der Waals surface area (Å²) in [5.74, 6) is 0.232. The zero-order chi connectivity index (χ0) is 24.5. The van der Waals surface area contributed by atoms with Gasteiger partial charge < -0.3 is 15.0 Å². The first-order valence-electron chi connectivity index (χ1n) is 12.5. The number of rotatable bonds is 6. The normalized spacial score (nSPS) is 22.7. The van der Waals surface area contributed by atoms with Crippen molar-refractivity contribution in [2.45, 2.75) is 58.1 Å². The Hall–Kier alpha value is -2.89. The molecule has 2 aromatic carbocycles. The standard InChI is InChI=1S/C29H32ClN3O2/c1-18-14-23(30)12-13-24(18)32-29(35)22-10-8-20(9-11-22)27(34)15-25-28(21-6-4-3-5-7-21)19(2)26-16-31-17-33(25)26/h3-7,12-14,16-17,20,22,25,27,34H,8-11,15H2,1-2H3,(H,32,35)/t20?,22?,25?,27-/m0/s1. The molecule has 2 aliphatic rings. The van der Waals surface area contributed by atoms with Gasteiger partial charge in [0.05, 0.1) is 30.4 Å². The summed E-state index contributed by atoms with van der Waals surface area (Å²) < 4.78 is 2.20. The second-order valence-electron chi connectivity index (χ2n) is 9.97. The molecule has 2 atom stereocenters. The Morgan fingerprint density at radius 3 is 2.60 bits per heavy atom. The summed E-state index contributed by atoms with van der Waals surface area (Å²) in [7, 11) is 0. The molecule has 6 heteroatoms. The fraction of sp³-hybridized carbons (Fsp3) is 0.379. The van der Waals surface area contributed by atoms with E-state index in [0.29, 0.717) is 11.4 Å². The van der Waals surface area contributed by atoms with Crippen LogP contribution in [0.1, 0.15) is 61.9 Å². The Morgan fingerprint density at radius 1 is 1.14 bits per heavy atom. The monoisotopic (exact) mass is 489 g/mol. The molecule has 5 rings (SSSR count). The van der Waals surface area contributed by atoms with Crippen LogP contribution < -0.4 is 5.32 Å². The van der Waals surface area contributed by atoms with E-state index < -0.39 is 6.10 Å². The zero-order valence-corrected chi connectivity index (χ0v) is 21.0. The Morgan fingerprint density at radius 2 is 1.89 bits per heavy atom. The predicted molar refractivity (Wildman–Crippen MR) is 141 cm³/mol. The van der Waals surface area contributed by atoms with Gasteiger partial charge >= 0.3 is 0 Å². The van der Waals surface area contributed by atoms with E-state index in [1.54, 1.807) is 6.07 Å². The van der Waals surface area contributed by atoms with Crippen molar-refractivity contribution in [3.8, 4) is 0 Å².